The quantitative estimate of drug-likeness (QED) is 0.598. The zero-order valence-corrected chi connectivity index (χ0v) is 11.1. The van der Waals surface area contributed by atoms with Crippen molar-refractivity contribution in [1.82, 2.24) is 5.32 Å². The summed E-state index contributed by atoms with van der Waals surface area (Å²) in [5.74, 6) is 0.353. The number of rotatable bonds is 7. The highest BCUT2D eigenvalue weighted by molar-refractivity contribution is 5.48. The molecule has 0 spiro atoms. The van der Waals surface area contributed by atoms with Crippen molar-refractivity contribution in [3.8, 4) is 5.75 Å². The summed E-state index contributed by atoms with van der Waals surface area (Å²) in [7, 11) is 1.92. The van der Waals surface area contributed by atoms with Crippen LogP contribution in [0, 0.1) is 10.1 Å². The Hall–Kier alpha value is -1.62. The Morgan fingerprint density at radius 2 is 2.17 bits per heavy atom. The molecule has 18 heavy (non-hydrogen) atoms. The van der Waals surface area contributed by atoms with Gasteiger partial charge in [0.2, 0.25) is 0 Å². The van der Waals surface area contributed by atoms with Crippen LogP contribution in [0.3, 0.4) is 0 Å². The van der Waals surface area contributed by atoms with Gasteiger partial charge < -0.3 is 10.1 Å². The van der Waals surface area contributed by atoms with Crippen LogP contribution in [0.25, 0.3) is 0 Å². The molecule has 1 rings (SSSR count). The van der Waals surface area contributed by atoms with Crippen molar-refractivity contribution >= 4 is 5.69 Å². The van der Waals surface area contributed by atoms with Gasteiger partial charge in [-0.15, -0.1) is 0 Å². The Kier molecular flexibility index (Phi) is 5.58. The number of hydrogen-bond donors (Lipinski definition) is 1. The molecule has 0 saturated carbocycles. The fourth-order valence-corrected chi connectivity index (χ4v) is 1.84. The molecule has 0 aliphatic heterocycles. The standard InChI is InChI=1S/C13H20N2O3/c1-4-11(14-3)8-10-6-7-12(15(16)17)13(9-10)18-5-2/h6-7,9,11,14H,4-5,8H2,1-3H3. The van der Waals surface area contributed by atoms with Crippen molar-refractivity contribution in [1.29, 1.82) is 0 Å². The van der Waals surface area contributed by atoms with E-state index in [1.54, 1.807) is 12.1 Å². The predicted molar refractivity (Wildman–Crippen MR) is 71.1 cm³/mol. The Balaban J connectivity index is 2.95. The number of hydrogen-bond acceptors (Lipinski definition) is 4. The molecule has 100 valence electrons. The summed E-state index contributed by atoms with van der Waals surface area (Å²) in [4.78, 5) is 10.4. The van der Waals surface area contributed by atoms with Crippen molar-refractivity contribution in [2.75, 3.05) is 13.7 Å². The van der Waals surface area contributed by atoms with Crippen molar-refractivity contribution in [3.63, 3.8) is 0 Å². The number of nitro groups is 1. The lowest BCUT2D eigenvalue weighted by Gasteiger charge is -2.14. The molecule has 0 saturated heterocycles. The fourth-order valence-electron chi connectivity index (χ4n) is 1.84. The first-order valence-electron chi connectivity index (χ1n) is 6.19. The third-order valence-corrected chi connectivity index (χ3v) is 2.90. The van der Waals surface area contributed by atoms with Gasteiger partial charge in [-0.2, -0.15) is 0 Å². The summed E-state index contributed by atoms with van der Waals surface area (Å²) in [5, 5.41) is 14.1. The summed E-state index contributed by atoms with van der Waals surface area (Å²) in [5.41, 5.74) is 1.07. The van der Waals surface area contributed by atoms with Crippen molar-refractivity contribution < 1.29 is 9.66 Å². The first kappa shape index (κ1) is 14.4. The van der Waals surface area contributed by atoms with Crippen molar-refractivity contribution in [2.45, 2.75) is 32.7 Å². The lowest BCUT2D eigenvalue weighted by atomic mass is 10.0. The number of nitro benzene ring substituents is 1. The molecule has 0 bridgehead atoms. The molecule has 0 fully saturated rings. The van der Waals surface area contributed by atoms with E-state index in [9.17, 15) is 10.1 Å². The molecule has 0 aliphatic rings. The van der Waals surface area contributed by atoms with Crippen LogP contribution >= 0.6 is 0 Å². The van der Waals surface area contributed by atoms with E-state index < -0.39 is 4.92 Å². The maximum Gasteiger partial charge on any atom is 0.310 e. The molecule has 5 nitrogen and oxygen atoms in total. The lowest BCUT2D eigenvalue weighted by Crippen LogP contribution is -2.26. The number of nitrogens with zero attached hydrogens (tertiary/aromatic N) is 1. The van der Waals surface area contributed by atoms with Crippen LogP contribution in [0.5, 0.6) is 5.75 Å². The van der Waals surface area contributed by atoms with Gasteiger partial charge in [-0.1, -0.05) is 13.0 Å². The van der Waals surface area contributed by atoms with E-state index in [1.165, 1.54) is 6.07 Å². The van der Waals surface area contributed by atoms with Gasteiger partial charge in [-0.3, -0.25) is 10.1 Å². The van der Waals surface area contributed by atoms with Crippen molar-refractivity contribution in [3.05, 3.63) is 33.9 Å². The Morgan fingerprint density at radius 1 is 1.44 bits per heavy atom. The second-order valence-electron chi connectivity index (χ2n) is 4.09. The Labute approximate surface area is 107 Å². The number of ether oxygens (including phenoxy) is 1. The zero-order valence-electron chi connectivity index (χ0n) is 11.1. The minimum Gasteiger partial charge on any atom is -0.487 e. The highest BCUT2D eigenvalue weighted by Crippen LogP contribution is 2.28. The first-order valence-corrected chi connectivity index (χ1v) is 6.19. The molecule has 0 radical (unpaired) electrons. The molecular weight excluding hydrogens is 232 g/mol. The molecule has 1 aromatic rings. The molecule has 0 heterocycles. The van der Waals surface area contributed by atoms with Crippen LogP contribution in [-0.2, 0) is 6.42 Å². The Morgan fingerprint density at radius 3 is 2.67 bits per heavy atom. The van der Waals surface area contributed by atoms with Crippen LogP contribution in [0.15, 0.2) is 18.2 Å². The smallest absolute Gasteiger partial charge is 0.310 e. The second-order valence-corrected chi connectivity index (χ2v) is 4.09. The van der Waals surface area contributed by atoms with Crippen LogP contribution < -0.4 is 10.1 Å². The van der Waals surface area contributed by atoms with Crippen LogP contribution in [0.1, 0.15) is 25.8 Å². The normalized spacial score (nSPS) is 12.2. The third kappa shape index (κ3) is 3.70. The average molecular weight is 252 g/mol. The van der Waals surface area contributed by atoms with E-state index >= 15 is 0 Å². The highest BCUT2D eigenvalue weighted by Gasteiger charge is 2.16. The van der Waals surface area contributed by atoms with Gasteiger partial charge in [0.1, 0.15) is 0 Å². The number of nitrogens with one attached hydrogen (secondary N) is 1. The summed E-state index contributed by atoms with van der Waals surface area (Å²) in [6.45, 7) is 4.35. The number of likely N-dealkylation sites (N-methyl/N-ethyl adjacent to an activating group) is 1. The van der Waals surface area contributed by atoms with Gasteiger partial charge in [-0.25, -0.2) is 0 Å². The molecule has 1 atom stereocenters. The van der Waals surface area contributed by atoms with Crippen LogP contribution in [0.2, 0.25) is 0 Å². The zero-order chi connectivity index (χ0) is 13.5. The molecule has 1 N–H and O–H groups in total. The maximum absolute atomic E-state index is 10.9. The minimum absolute atomic E-state index is 0.0260. The topological polar surface area (TPSA) is 64.4 Å². The molecule has 1 aromatic carbocycles. The third-order valence-electron chi connectivity index (χ3n) is 2.90. The van der Waals surface area contributed by atoms with E-state index in [0.29, 0.717) is 18.4 Å². The number of benzene rings is 1. The lowest BCUT2D eigenvalue weighted by molar-refractivity contribution is -0.385. The van der Waals surface area contributed by atoms with E-state index in [1.807, 2.05) is 14.0 Å². The molecule has 5 heteroatoms. The summed E-state index contributed by atoms with van der Waals surface area (Å²) in [6.07, 6.45) is 1.85. The maximum atomic E-state index is 10.9. The van der Waals surface area contributed by atoms with Gasteiger partial charge in [-0.05, 0) is 38.4 Å². The predicted octanol–water partition coefficient (Wildman–Crippen LogP) is 2.53. The van der Waals surface area contributed by atoms with E-state index in [4.69, 9.17) is 4.74 Å². The molecule has 0 amide bonds. The van der Waals surface area contributed by atoms with Gasteiger partial charge in [0, 0.05) is 12.1 Å². The van der Waals surface area contributed by atoms with E-state index in [-0.39, 0.29) is 5.69 Å². The van der Waals surface area contributed by atoms with Gasteiger partial charge in [0.25, 0.3) is 0 Å². The molecule has 0 aromatic heterocycles. The minimum atomic E-state index is -0.413. The summed E-state index contributed by atoms with van der Waals surface area (Å²) in [6, 6.07) is 5.45. The second kappa shape index (κ2) is 6.96. The molecular formula is C13H20N2O3. The SMILES string of the molecule is CCOc1cc(CC(CC)NC)ccc1[N+](=O)[O-]. The average Bonchev–Trinajstić information content (AvgIpc) is 2.36. The molecule has 0 aliphatic carbocycles. The fraction of sp³-hybridized carbons (Fsp3) is 0.538. The van der Waals surface area contributed by atoms with Crippen LogP contribution in [0.4, 0.5) is 5.69 Å². The van der Waals surface area contributed by atoms with Gasteiger partial charge >= 0.3 is 5.69 Å². The van der Waals surface area contributed by atoms with E-state index in [0.717, 1.165) is 18.4 Å². The highest BCUT2D eigenvalue weighted by atomic mass is 16.6. The largest absolute Gasteiger partial charge is 0.487 e. The summed E-state index contributed by atoms with van der Waals surface area (Å²) < 4.78 is 5.33. The first-order chi connectivity index (χ1) is 8.62. The van der Waals surface area contributed by atoms with E-state index in [2.05, 4.69) is 12.2 Å². The monoisotopic (exact) mass is 252 g/mol. The molecule has 1 unspecified atom stereocenters. The van der Waals surface area contributed by atoms with Gasteiger partial charge in [0.05, 0.1) is 11.5 Å². The Bertz CT molecular complexity index is 403. The van der Waals surface area contributed by atoms with Gasteiger partial charge in [0.15, 0.2) is 5.75 Å². The van der Waals surface area contributed by atoms with Crippen LogP contribution in [-0.4, -0.2) is 24.6 Å². The summed E-state index contributed by atoms with van der Waals surface area (Å²) >= 11 is 0. The van der Waals surface area contributed by atoms with Crippen molar-refractivity contribution in [2.24, 2.45) is 0 Å².